The molecule has 0 atom stereocenters. The zero-order chi connectivity index (χ0) is 10.6. The number of rotatable bonds is 3. The lowest BCUT2D eigenvalue weighted by Crippen LogP contribution is -2.13. The highest BCUT2D eigenvalue weighted by atomic mass is 79.9. The molecule has 0 heterocycles. The summed E-state index contributed by atoms with van der Waals surface area (Å²) in [6.07, 6.45) is 0.268. The summed E-state index contributed by atoms with van der Waals surface area (Å²) in [5, 5.41) is 0. The van der Waals surface area contributed by atoms with Crippen molar-refractivity contribution in [2.75, 3.05) is 0 Å². The lowest BCUT2D eigenvalue weighted by Gasteiger charge is -2.08. The Bertz CT molecular complexity index is 321. The number of hydrogen-bond donors (Lipinski definition) is 0. The Hall–Kier alpha value is -0.830. The molecule has 0 fully saturated rings. The summed E-state index contributed by atoms with van der Waals surface area (Å²) in [6.45, 7) is 3.69. The van der Waals surface area contributed by atoms with Gasteiger partial charge in [-0.05, 0) is 25.5 Å². The molecule has 0 bridgehead atoms. The van der Waals surface area contributed by atoms with Crippen molar-refractivity contribution in [3.63, 3.8) is 0 Å². The zero-order valence-electron chi connectivity index (χ0n) is 8.29. The molecular weight excluding hydrogens is 244 g/mol. The fraction of sp³-hybridized carbons (Fsp3) is 0.364. The molecule has 0 aromatic heterocycles. The minimum atomic E-state index is -0.188. The summed E-state index contributed by atoms with van der Waals surface area (Å²) in [4.78, 5) is 11.3. The average Bonchev–Trinajstić information content (AvgIpc) is 2.07. The molecule has 76 valence electrons. The summed E-state index contributed by atoms with van der Waals surface area (Å²) >= 11 is 3.38. The Labute approximate surface area is 92.4 Å². The normalized spacial score (nSPS) is 10.3. The van der Waals surface area contributed by atoms with E-state index in [0.717, 1.165) is 10.0 Å². The molecule has 0 saturated carbocycles. The molecule has 1 aromatic carbocycles. The summed E-state index contributed by atoms with van der Waals surface area (Å²) in [5.74, 6) is -0.188. The van der Waals surface area contributed by atoms with Crippen molar-refractivity contribution in [2.24, 2.45) is 0 Å². The predicted molar refractivity (Wildman–Crippen MR) is 59.1 cm³/mol. The van der Waals surface area contributed by atoms with Crippen LogP contribution in [0.3, 0.4) is 0 Å². The van der Waals surface area contributed by atoms with Gasteiger partial charge in [0.2, 0.25) is 0 Å². The van der Waals surface area contributed by atoms with Gasteiger partial charge in [0.15, 0.2) is 0 Å². The molecule has 0 radical (unpaired) electrons. The highest BCUT2D eigenvalue weighted by molar-refractivity contribution is 9.10. The van der Waals surface area contributed by atoms with Crippen molar-refractivity contribution >= 4 is 21.9 Å². The second-order valence-electron chi connectivity index (χ2n) is 3.31. The lowest BCUT2D eigenvalue weighted by molar-refractivity contribution is -0.146. The van der Waals surface area contributed by atoms with Crippen LogP contribution >= 0.6 is 15.9 Å². The van der Waals surface area contributed by atoms with Gasteiger partial charge in [0, 0.05) is 4.47 Å². The van der Waals surface area contributed by atoms with E-state index in [4.69, 9.17) is 4.74 Å². The van der Waals surface area contributed by atoms with Gasteiger partial charge >= 0.3 is 5.97 Å². The minimum absolute atomic E-state index is 0.0509. The number of carbonyl (C=O) groups excluding carboxylic acids is 1. The Balaban J connectivity index is 2.61. The van der Waals surface area contributed by atoms with Gasteiger partial charge in [-0.2, -0.15) is 0 Å². The highest BCUT2D eigenvalue weighted by Gasteiger charge is 2.08. The van der Waals surface area contributed by atoms with E-state index in [9.17, 15) is 4.79 Å². The van der Waals surface area contributed by atoms with Crippen LogP contribution in [-0.4, -0.2) is 12.1 Å². The van der Waals surface area contributed by atoms with E-state index in [1.807, 2.05) is 38.1 Å². The molecule has 0 spiro atoms. The third-order valence-corrected chi connectivity index (χ3v) is 2.43. The van der Waals surface area contributed by atoms with E-state index >= 15 is 0 Å². The smallest absolute Gasteiger partial charge is 0.310 e. The van der Waals surface area contributed by atoms with Crippen LogP contribution in [0.15, 0.2) is 28.7 Å². The average molecular weight is 257 g/mol. The molecule has 0 aliphatic rings. The Kier molecular flexibility index (Phi) is 4.14. The molecule has 2 nitrogen and oxygen atoms in total. The van der Waals surface area contributed by atoms with Gasteiger partial charge in [-0.3, -0.25) is 4.79 Å². The summed E-state index contributed by atoms with van der Waals surface area (Å²) in [7, 11) is 0. The van der Waals surface area contributed by atoms with Crippen molar-refractivity contribution < 1.29 is 9.53 Å². The van der Waals surface area contributed by atoms with Crippen LogP contribution in [0.25, 0.3) is 0 Å². The van der Waals surface area contributed by atoms with E-state index in [1.165, 1.54) is 0 Å². The molecular formula is C11H13BrO2. The van der Waals surface area contributed by atoms with Crippen LogP contribution in [0.2, 0.25) is 0 Å². The van der Waals surface area contributed by atoms with E-state index in [-0.39, 0.29) is 12.1 Å². The van der Waals surface area contributed by atoms with Crippen LogP contribution in [0.1, 0.15) is 19.4 Å². The largest absolute Gasteiger partial charge is 0.463 e. The van der Waals surface area contributed by atoms with Gasteiger partial charge in [0.1, 0.15) is 0 Å². The molecule has 1 rings (SSSR count). The van der Waals surface area contributed by atoms with Crippen LogP contribution in [-0.2, 0) is 16.0 Å². The maximum absolute atomic E-state index is 11.3. The lowest BCUT2D eigenvalue weighted by atomic mass is 10.1. The van der Waals surface area contributed by atoms with E-state index in [0.29, 0.717) is 6.42 Å². The molecule has 0 aliphatic heterocycles. The number of carbonyl (C=O) groups is 1. The van der Waals surface area contributed by atoms with Gasteiger partial charge in [-0.15, -0.1) is 0 Å². The molecule has 1 aromatic rings. The zero-order valence-corrected chi connectivity index (χ0v) is 9.87. The maximum Gasteiger partial charge on any atom is 0.310 e. The minimum Gasteiger partial charge on any atom is -0.463 e. The Morgan fingerprint density at radius 1 is 1.43 bits per heavy atom. The van der Waals surface area contributed by atoms with E-state index in [2.05, 4.69) is 15.9 Å². The van der Waals surface area contributed by atoms with Crippen molar-refractivity contribution in [3.8, 4) is 0 Å². The quantitative estimate of drug-likeness (QED) is 0.778. The number of halogens is 1. The molecule has 0 N–H and O–H groups in total. The Morgan fingerprint density at radius 3 is 2.64 bits per heavy atom. The van der Waals surface area contributed by atoms with Gasteiger partial charge < -0.3 is 4.74 Å². The molecule has 3 heteroatoms. The van der Waals surface area contributed by atoms with Gasteiger partial charge in [0.25, 0.3) is 0 Å². The Morgan fingerprint density at radius 2 is 2.07 bits per heavy atom. The topological polar surface area (TPSA) is 26.3 Å². The molecule has 0 saturated heterocycles. The van der Waals surface area contributed by atoms with E-state index in [1.54, 1.807) is 0 Å². The van der Waals surface area contributed by atoms with Gasteiger partial charge in [-0.1, -0.05) is 34.1 Å². The van der Waals surface area contributed by atoms with Crippen molar-refractivity contribution in [1.29, 1.82) is 0 Å². The number of benzene rings is 1. The van der Waals surface area contributed by atoms with Crippen LogP contribution in [0, 0.1) is 0 Å². The van der Waals surface area contributed by atoms with Crippen LogP contribution in [0.4, 0.5) is 0 Å². The monoisotopic (exact) mass is 256 g/mol. The molecule has 0 amide bonds. The fourth-order valence-electron chi connectivity index (χ4n) is 1.10. The predicted octanol–water partition coefficient (Wildman–Crippen LogP) is 2.94. The number of hydrogen-bond acceptors (Lipinski definition) is 2. The van der Waals surface area contributed by atoms with Crippen LogP contribution in [0.5, 0.6) is 0 Å². The second-order valence-corrected chi connectivity index (χ2v) is 4.16. The maximum atomic E-state index is 11.3. The first kappa shape index (κ1) is 11.2. The second kappa shape index (κ2) is 5.15. The van der Waals surface area contributed by atoms with Gasteiger partial charge in [0.05, 0.1) is 12.5 Å². The first-order chi connectivity index (χ1) is 6.59. The van der Waals surface area contributed by atoms with Gasteiger partial charge in [-0.25, -0.2) is 0 Å². The van der Waals surface area contributed by atoms with Crippen molar-refractivity contribution in [2.45, 2.75) is 26.4 Å². The molecule has 14 heavy (non-hydrogen) atoms. The SMILES string of the molecule is CC(C)OC(=O)Cc1ccccc1Br. The van der Waals surface area contributed by atoms with Crippen LogP contribution < -0.4 is 0 Å². The summed E-state index contributed by atoms with van der Waals surface area (Å²) in [6, 6.07) is 7.65. The fourth-order valence-corrected chi connectivity index (χ4v) is 1.53. The highest BCUT2D eigenvalue weighted by Crippen LogP contribution is 2.16. The summed E-state index contributed by atoms with van der Waals surface area (Å²) < 4.78 is 5.99. The number of ether oxygens (including phenoxy) is 1. The first-order valence-corrected chi connectivity index (χ1v) is 5.32. The third-order valence-electron chi connectivity index (χ3n) is 1.66. The van der Waals surface area contributed by atoms with E-state index < -0.39 is 0 Å². The standard InChI is InChI=1S/C11H13BrO2/c1-8(2)14-11(13)7-9-5-3-4-6-10(9)12/h3-6,8H,7H2,1-2H3. The third kappa shape index (κ3) is 3.50. The molecule has 0 unspecified atom stereocenters. The first-order valence-electron chi connectivity index (χ1n) is 4.52. The summed E-state index contributed by atoms with van der Waals surface area (Å²) in [5.41, 5.74) is 0.957. The van der Waals surface area contributed by atoms with Crippen molar-refractivity contribution in [1.82, 2.24) is 0 Å². The molecule has 0 aliphatic carbocycles. The van der Waals surface area contributed by atoms with Crippen molar-refractivity contribution in [3.05, 3.63) is 34.3 Å². The number of esters is 1.